The van der Waals surface area contributed by atoms with E-state index in [0.29, 0.717) is 17.1 Å². The zero-order chi connectivity index (χ0) is 26.6. The Hall–Kier alpha value is -2.58. The summed E-state index contributed by atoms with van der Waals surface area (Å²) in [6.07, 6.45) is 1.45. The Morgan fingerprint density at radius 3 is 2.03 bits per heavy atom. The molecule has 9 heteroatoms. The van der Waals surface area contributed by atoms with Crippen molar-refractivity contribution < 1.29 is 18.0 Å². The molecule has 0 aliphatic rings. The number of nitrogens with zero attached hydrogens (tertiary/aromatic N) is 2. The van der Waals surface area contributed by atoms with E-state index < -0.39 is 34.1 Å². The SMILES string of the molecule is CC[C@H](C(=O)NC(C)(C)C)N(Cc1ccc(Cl)cc1)C(=O)CN(c1c(C)cccc1C)S(C)(=O)=O. The second kappa shape index (κ2) is 11.4. The maximum atomic E-state index is 13.8. The molecular weight excluding hydrogens is 486 g/mol. The molecule has 2 amide bonds. The molecule has 2 aromatic rings. The molecule has 35 heavy (non-hydrogen) atoms. The number of amides is 2. The lowest BCUT2D eigenvalue weighted by molar-refractivity contribution is -0.141. The number of carbonyl (C=O) groups excluding carboxylic acids is 2. The number of carbonyl (C=O) groups is 2. The summed E-state index contributed by atoms with van der Waals surface area (Å²) in [5.41, 5.74) is 2.25. The minimum atomic E-state index is -3.78. The summed E-state index contributed by atoms with van der Waals surface area (Å²) in [7, 11) is -3.78. The Kier molecular flexibility index (Phi) is 9.36. The summed E-state index contributed by atoms with van der Waals surface area (Å²) >= 11 is 6.02. The average Bonchev–Trinajstić information content (AvgIpc) is 2.72. The standard InChI is InChI=1S/C26H36ClN3O4S/c1-8-22(25(32)28-26(4,5)6)29(16-20-12-14-21(27)15-13-20)23(31)17-30(35(7,33)34)24-18(2)10-9-11-19(24)3/h9-15,22H,8,16-17H2,1-7H3,(H,28,32)/t22-/m1/s1. The molecule has 0 heterocycles. The van der Waals surface area contributed by atoms with Gasteiger partial charge in [0.25, 0.3) is 0 Å². The molecule has 0 unspecified atom stereocenters. The monoisotopic (exact) mass is 521 g/mol. The normalized spacial score (nSPS) is 12.7. The summed E-state index contributed by atoms with van der Waals surface area (Å²) in [4.78, 5) is 28.4. The highest BCUT2D eigenvalue weighted by molar-refractivity contribution is 7.92. The maximum absolute atomic E-state index is 13.8. The fourth-order valence-electron chi connectivity index (χ4n) is 3.93. The summed E-state index contributed by atoms with van der Waals surface area (Å²) < 4.78 is 26.8. The van der Waals surface area contributed by atoms with Gasteiger partial charge in [-0.15, -0.1) is 0 Å². The van der Waals surface area contributed by atoms with Gasteiger partial charge in [-0.05, 0) is 69.9 Å². The van der Waals surface area contributed by atoms with E-state index in [2.05, 4.69) is 5.32 Å². The minimum absolute atomic E-state index is 0.135. The zero-order valence-corrected chi connectivity index (χ0v) is 23.1. The van der Waals surface area contributed by atoms with E-state index in [1.807, 2.05) is 59.7 Å². The number of hydrogen-bond donors (Lipinski definition) is 1. The minimum Gasteiger partial charge on any atom is -0.350 e. The fourth-order valence-corrected chi connectivity index (χ4v) is 5.02. The summed E-state index contributed by atoms with van der Waals surface area (Å²) in [6.45, 7) is 10.8. The molecule has 1 N–H and O–H groups in total. The number of anilines is 1. The molecule has 0 saturated carbocycles. The van der Waals surface area contributed by atoms with Crippen molar-refractivity contribution in [2.75, 3.05) is 17.1 Å². The van der Waals surface area contributed by atoms with Crippen molar-refractivity contribution in [3.05, 3.63) is 64.2 Å². The number of aryl methyl sites for hydroxylation is 2. The van der Waals surface area contributed by atoms with Crippen LogP contribution >= 0.6 is 11.6 Å². The summed E-state index contributed by atoms with van der Waals surface area (Å²) in [5.74, 6) is -0.760. The highest BCUT2D eigenvalue weighted by Gasteiger charge is 2.33. The second-order valence-corrected chi connectivity index (χ2v) is 12.2. The van der Waals surface area contributed by atoms with E-state index in [9.17, 15) is 18.0 Å². The van der Waals surface area contributed by atoms with E-state index in [-0.39, 0.29) is 12.5 Å². The summed E-state index contributed by atoms with van der Waals surface area (Å²) in [5, 5.41) is 3.51. The quantitative estimate of drug-likeness (QED) is 0.528. The Morgan fingerprint density at radius 2 is 1.57 bits per heavy atom. The van der Waals surface area contributed by atoms with E-state index in [0.717, 1.165) is 27.3 Å². The van der Waals surface area contributed by atoms with Gasteiger partial charge in [0.2, 0.25) is 21.8 Å². The van der Waals surface area contributed by atoms with Crippen molar-refractivity contribution in [1.29, 1.82) is 0 Å². The lowest BCUT2D eigenvalue weighted by Gasteiger charge is -2.35. The molecule has 0 saturated heterocycles. The van der Waals surface area contributed by atoms with Gasteiger partial charge in [-0.3, -0.25) is 13.9 Å². The topological polar surface area (TPSA) is 86.8 Å². The van der Waals surface area contributed by atoms with Crippen molar-refractivity contribution in [2.45, 2.75) is 66.1 Å². The van der Waals surface area contributed by atoms with Gasteiger partial charge in [-0.25, -0.2) is 8.42 Å². The first kappa shape index (κ1) is 28.7. The van der Waals surface area contributed by atoms with Crippen molar-refractivity contribution >= 4 is 39.1 Å². The van der Waals surface area contributed by atoms with Crippen LogP contribution in [0.5, 0.6) is 0 Å². The highest BCUT2D eigenvalue weighted by Crippen LogP contribution is 2.27. The smallest absolute Gasteiger partial charge is 0.244 e. The van der Waals surface area contributed by atoms with Crippen LogP contribution in [0.15, 0.2) is 42.5 Å². The van der Waals surface area contributed by atoms with Gasteiger partial charge in [0.05, 0.1) is 11.9 Å². The summed E-state index contributed by atoms with van der Waals surface area (Å²) in [6, 6.07) is 11.7. The number of hydrogen-bond acceptors (Lipinski definition) is 4. The molecule has 0 aliphatic heterocycles. The van der Waals surface area contributed by atoms with Gasteiger partial charge in [0, 0.05) is 17.1 Å². The van der Waals surface area contributed by atoms with E-state index in [4.69, 9.17) is 11.6 Å². The molecule has 0 fully saturated rings. The number of benzene rings is 2. The fraction of sp³-hybridized carbons (Fsp3) is 0.462. The highest BCUT2D eigenvalue weighted by atomic mass is 35.5. The van der Waals surface area contributed by atoms with Crippen LogP contribution < -0.4 is 9.62 Å². The second-order valence-electron chi connectivity index (χ2n) is 9.82. The van der Waals surface area contributed by atoms with Gasteiger partial charge in [0.1, 0.15) is 12.6 Å². The number of halogens is 1. The Balaban J connectivity index is 2.51. The maximum Gasteiger partial charge on any atom is 0.244 e. The first-order chi connectivity index (χ1) is 16.1. The van der Waals surface area contributed by atoms with Crippen LogP contribution in [0.3, 0.4) is 0 Å². The van der Waals surface area contributed by atoms with Gasteiger partial charge in [-0.1, -0.05) is 48.9 Å². The van der Waals surface area contributed by atoms with Gasteiger partial charge in [-0.2, -0.15) is 0 Å². The van der Waals surface area contributed by atoms with Crippen LogP contribution in [0.2, 0.25) is 5.02 Å². The molecule has 0 spiro atoms. The zero-order valence-electron chi connectivity index (χ0n) is 21.6. The van der Waals surface area contributed by atoms with Crippen molar-refractivity contribution in [3.63, 3.8) is 0 Å². The van der Waals surface area contributed by atoms with Gasteiger partial charge in [0.15, 0.2) is 0 Å². The Bertz CT molecular complexity index is 1140. The molecule has 1 atom stereocenters. The molecule has 192 valence electrons. The van der Waals surface area contributed by atoms with Crippen LogP contribution in [0.25, 0.3) is 0 Å². The van der Waals surface area contributed by atoms with Crippen LogP contribution in [0, 0.1) is 13.8 Å². The van der Waals surface area contributed by atoms with Crippen molar-refractivity contribution in [2.24, 2.45) is 0 Å². The van der Waals surface area contributed by atoms with E-state index in [1.165, 1.54) is 4.90 Å². The first-order valence-corrected chi connectivity index (χ1v) is 13.8. The molecular formula is C26H36ClN3O4S. The van der Waals surface area contributed by atoms with Crippen molar-refractivity contribution in [3.8, 4) is 0 Å². The van der Waals surface area contributed by atoms with Crippen LogP contribution in [-0.2, 0) is 26.2 Å². The molecule has 0 radical (unpaired) electrons. The number of rotatable bonds is 9. The lowest BCUT2D eigenvalue weighted by atomic mass is 10.1. The molecule has 2 rings (SSSR count). The molecule has 7 nitrogen and oxygen atoms in total. The van der Waals surface area contributed by atoms with Crippen molar-refractivity contribution in [1.82, 2.24) is 10.2 Å². The largest absolute Gasteiger partial charge is 0.350 e. The average molecular weight is 522 g/mol. The molecule has 0 aliphatic carbocycles. The van der Waals surface area contributed by atoms with Crippen LogP contribution in [0.1, 0.15) is 50.8 Å². The lowest BCUT2D eigenvalue weighted by Crippen LogP contribution is -2.55. The number of para-hydroxylation sites is 1. The van der Waals surface area contributed by atoms with E-state index in [1.54, 1.807) is 24.3 Å². The first-order valence-electron chi connectivity index (χ1n) is 11.5. The van der Waals surface area contributed by atoms with Gasteiger partial charge < -0.3 is 10.2 Å². The third-order valence-electron chi connectivity index (χ3n) is 5.52. The molecule has 2 aromatic carbocycles. The van der Waals surface area contributed by atoms with Crippen LogP contribution in [-0.4, -0.2) is 49.5 Å². The molecule has 0 bridgehead atoms. The Morgan fingerprint density at radius 1 is 1.03 bits per heavy atom. The third-order valence-corrected chi connectivity index (χ3v) is 6.88. The predicted molar refractivity (Wildman–Crippen MR) is 142 cm³/mol. The molecule has 0 aromatic heterocycles. The Labute approximate surface area is 214 Å². The number of sulfonamides is 1. The predicted octanol–water partition coefficient (Wildman–Crippen LogP) is 4.44. The van der Waals surface area contributed by atoms with Crippen LogP contribution in [0.4, 0.5) is 5.69 Å². The van der Waals surface area contributed by atoms with Gasteiger partial charge >= 0.3 is 0 Å². The number of nitrogens with one attached hydrogen (secondary N) is 1. The third kappa shape index (κ3) is 7.97. The van der Waals surface area contributed by atoms with E-state index >= 15 is 0 Å².